The monoisotopic (exact) mass is 167 g/mol. The number of carboxylic acid groups (broad SMARTS) is 1. The van der Waals surface area contributed by atoms with Crippen LogP contribution in [0.4, 0.5) is 0 Å². The maximum Gasteiger partial charge on any atom is 0.328 e. The van der Waals surface area contributed by atoms with Crippen molar-refractivity contribution >= 4 is 5.97 Å². The van der Waals surface area contributed by atoms with E-state index in [1.165, 1.54) is 0 Å². The molecule has 2 N–H and O–H groups in total. The minimum Gasteiger partial charge on any atom is -0.480 e. The Labute approximate surface area is 69.0 Å². The molecule has 1 aliphatic rings. The number of carbonyl (C=O) groups is 1. The molecule has 0 saturated carbocycles. The Bertz CT molecular complexity index is 307. The van der Waals surface area contributed by atoms with Crippen molar-refractivity contribution in [2.24, 2.45) is 0 Å². The number of nitrogens with one attached hydrogen (secondary N) is 1. The van der Waals surface area contributed by atoms with Gasteiger partial charge in [0.05, 0.1) is 6.54 Å². The van der Waals surface area contributed by atoms with E-state index in [-0.39, 0.29) is 0 Å². The van der Waals surface area contributed by atoms with Crippen LogP contribution in [0.3, 0.4) is 0 Å². The highest BCUT2D eigenvalue weighted by Crippen LogP contribution is 2.13. The van der Waals surface area contributed by atoms with E-state index in [2.05, 4.69) is 10.3 Å². The molecule has 0 aromatic carbocycles. The van der Waals surface area contributed by atoms with Crippen molar-refractivity contribution in [1.82, 2.24) is 14.9 Å². The first-order valence-corrected chi connectivity index (χ1v) is 3.74. The normalized spacial score (nSPS) is 21.8. The molecule has 1 aromatic rings. The van der Waals surface area contributed by atoms with Crippen molar-refractivity contribution < 1.29 is 9.90 Å². The summed E-state index contributed by atoms with van der Waals surface area (Å²) in [6.07, 6.45) is 3.33. The second kappa shape index (κ2) is 2.60. The van der Waals surface area contributed by atoms with Crippen LogP contribution in [0.2, 0.25) is 0 Å². The Morgan fingerprint density at radius 1 is 1.83 bits per heavy atom. The molecule has 0 aliphatic carbocycles. The molecule has 0 fully saturated rings. The molecule has 0 saturated heterocycles. The Kier molecular flexibility index (Phi) is 1.58. The van der Waals surface area contributed by atoms with Crippen LogP contribution in [-0.4, -0.2) is 27.2 Å². The third kappa shape index (κ3) is 0.984. The van der Waals surface area contributed by atoms with Crippen LogP contribution < -0.4 is 5.32 Å². The zero-order valence-corrected chi connectivity index (χ0v) is 6.40. The number of hydrogen-bond acceptors (Lipinski definition) is 3. The molecule has 12 heavy (non-hydrogen) atoms. The van der Waals surface area contributed by atoms with E-state index in [4.69, 9.17) is 5.11 Å². The third-order valence-corrected chi connectivity index (χ3v) is 1.99. The van der Waals surface area contributed by atoms with E-state index in [0.29, 0.717) is 13.1 Å². The molecule has 2 heterocycles. The number of carboxylic acids is 1. The van der Waals surface area contributed by atoms with Gasteiger partial charge in [-0.1, -0.05) is 0 Å². The third-order valence-electron chi connectivity index (χ3n) is 1.99. The number of hydrogen-bond donors (Lipinski definition) is 2. The van der Waals surface area contributed by atoms with Crippen LogP contribution in [-0.2, 0) is 11.3 Å². The fraction of sp³-hybridized carbons (Fsp3) is 0.429. The minimum absolute atomic E-state index is 0.471. The highest BCUT2D eigenvalue weighted by atomic mass is 16.4. The molecule has 0 amide bonds. The van der Waals surface area contributed by atoms with Gasteiger partial charge in [-0.05, 0) is 0 Å². The number of imidazole rings is 1. The zero-order valence-electron chi connectivity index (χ0n) is 6.40. The summed E-state index contributed by atoms with van der Waals surface area (Å²) in [5, 5.41) is 11.8. The second-order valence-corrected chi connectivity index (χ2v) is 2.74. The fourth-order valence-corrected chi connectivity index (χ4v) is 1.39. The Balaban J connectivity index is 2.37. The van der Waals surface area contributed by atoms with E-state index in [1.54, 1.807) is 17.0 Å². The van der Waals surface area contributed by atoms with E-state index in [1.807, 2.05) is 0 Å². The van der Waals surface area contributed by atoms with Gasteiger partial charge in [0.25, 0.3) is 0 Å². The molecule has 1 unspecified atom stereocenters. The fourth-order valence-electron chi connectivity index (χ4n) is 1.39. The lowest BCUT2D eigenvalue weighted by Crippen LogP contribution is -2.37. The first-order valence-electron chi connectivity index (χ1n) is 3.74. The first kappa shape index (κ1) is 7.30. The molecule has 0 bridgehead atoms. The van der Waals surface area contributed by atoms with E-state index in [0.717, 1.165) is 5.82 Å². The molecule has 0 radical (unpaired) electrons. The SMILES string of the molecule is O=C(O)C1CNCc2nccn21. The summed E-state index contributed by atoms with van der Waals surface area (Å²) in [4.78, 5) is 14.8. The van der Waals surface area contributed by atoms with Crippen molar-refractivity contribution in [3.8, 4) is 0 Å². The maximum absolute atomic E-state index is 10.7. The summed E-state index contributed by atoms with van der Waals surface area (Å²) < 4.78 is 1.69. The van der Waals surface area contributed by atoms with Crippen LogP contribution in [0.5, 0.6) is 0 Å². The zero-order chi connectivity index (χ0) is 8.55. The smallest absolute Gasteiger partial charge is 0.328 e. The molecular formula is C7H9N3O2. The summed E-state index contributed by atoms with van der Waals surface area (Å²) in [5.74, 6) is -0.0323. The minimum atomic E-state index is -0.818. The summed E-state index contributed by atoms with van der Waals surface area (Å²) >= 11 is 0. The van der Waals surface area contributed by atoms with Gasteiger partial charge in [-0.3, -0.25) is 0 Å². The summed E-state index contributed by atoms with van der Waals surface area (Å²) in [6, 6.07) is -0.503. The van der Waals surface area contributed by atoms with Crippen LogP contribution in [0.25, 0.3) is 0 Å². The van der Waals surface area contributed by atoms with Gasteiger partial charge in [-0.15, -0.1) is 0 Å². The van der Waals surface area contributed by atoms with Gasteiger partial charge in [0, 0.05) is 18.9 Å². The predicted molar refractivity (Wildman–Crippen MR) is 40.6 cm³/mol. The lowest BCUT2D eigenvalue weighted by Gasteiger charge is -2.22. The maximum atomic E-state index is 10.7. The number of aliphatic carboxylic acids is 1. The van der Waals surface area contributed by atoms with E-state index < -0.39 is 12.0 Å². The highest BCUT2D eigenvalue weighted by molar-refractivity contribution is 5.72. The molecule has 5 nitrogen and oxygen atoms in total. The molecule has 1 aliphatic heterocycles. The number of fused-ring (bicyclic) bond motifs is 1. The average Bonchev–Trinajstić information content (AvgIpc) is 2.49. The van der Waals surface area contributed by atoms with Crippen LogP contribution in [0.1, 0.15) is 11.9 Å². The van der Waals surface area contributed by atoms with Gasteiger partial charge in [0.2, 0.25) is 0 Å². The van der Waals surface area contributed by atoms with Crippen molar-refractivity contribution in [3.05, 3.63) is 18.2 Å². The van der Waals surface area contributed by atoms with Gasteiger partial charge in [-0.2, -0.15) is 0 Å². The highest BCUT2D eigenvalue weighted by Gasteiger charge is 2.24. The van der Waals surface area contributed by atoms with Gasteiger partial charge < -0.3 is 15.0 Å². The number of nitrogens with zero attached hydrogens (tertiary/aromatic N) is 2. The molecular weight excluding hydrogens is 158 g/mol. The number of rotatable bonds is 1. The Morgan fingerprint density at radius 3 is 3.42 bits per heavy atom. The summed E-state index contributed by atoms with van der Waals surface area (Å²) in [5.41, 5.74) is 0. The van der Waals surface area contributed by atoms with Crippen molar-refractivity contribution in [2.45, 2.75) is 12.6 Å². The quantitative estimate of drug-likeness (QED) is 0.598. The van der Waals surface area contributed by atoms with Crippen LogP contribution in [0, 0.1) is 0 Å². The second-order valence-electron chi connectivity index (χ2n) is 2.74. The van der Waals surface area contributed by atoms with Crippen LogP contribution in [0.15, 0.2) is 12.4 Å². The van der Waals surface area contributed by atoms with E-state index >= 15 is 0 Å². The molecule has 2 rings (SSSR count). The van der Waals surface area contributed by atoms with Crippen molar-refractivity contribution in [1.29, 1.82) is 0 Å². The summed E-state index contributed by atoms with van der Waals surface area (Å²) in [6.45, 7) is 1.12. The molecule has 64 valence electrons. The van der Waals surface area contributed by atoms with Gasteiger partial charge in [-0.25, -0.2) is 9.78 Å². The summed E-state index contributed by atoms with van der Waals surface area (Å²) in [7, 11) is 0. The lowest BCUT2D eigenvalue weighted by molar-refractivity contribution is -0.141. The molecule has 1 aromatic heterocycles. The van der Waals surface area contributed by atoms with Gasteiger partial charge in [0.15, 0.2) is 0 Å². The van der Waals surface area contributed by atoms with Crippen molar-refractivity contribution in [2.75, 3.05) is 6.54 Å². The standard InChI is InChI=1S/C7H9N3O2/c11-7(12)5-3-8-4-6-9-1-2-10(5)6/h1-2,5,8H,3-4H2,(H,11,12). The topological polar surface area (TPSA) is 67.2 Å². The largest absolute Gasteiger partial charge is 0.480 e. The van der Waals surface area contributed by atoms with Gasteiger partial charge >= 0.3 is 5.97 Å². The average molecular weight is 167 g/mol. The molecule has 5 heteroatoms. The van der Waals surface area contributed by atoms with E-state index in [9.17, 15) is 4.79 Å². The Hall–Kier alpha value is -1.36. The molecule has 1 atom stereocenters. The first-order chi connectivity index (χ1) is 5.79. The van der Waals surface area contributed by atoms with Crippen molar-refractivity contribution in [3.63, 3.8) is 0 Å². The van der Waals surface area contributed by atoms with Gasteiger partial charge in [0.1, 0.15) is 11.9 Å². The Morgan fingerprint density at radius 2 is 2.67 bits per heavy atom. The lowest BCUT2D eigenvalue weighted by atomic mass is 10.2. The molecule has 0 spiro atoms. The number of aromatic nitrogens is 2. The predicted octanol–water partition coefficient (Wildman–Crippen LogP) is -0.388. The van der Waals surface area contributed by atoms with Crippen LogP contribution >= 0.6 is 0 Å².